The zero-order chi connectivity index (χ0) is 13.9. The van der Waals surface area contributed by atoms with Gasteiger partial charge in [-0.3, -0.25) is 0 Å². The van der Waals surface area contributed by atoms with E-state index in [-0.39, 0.29) is 10.8 Å². The molecule has 0 unspecified atom stereocenters. The summed E-state index contributed by atoms with van der Waals surface area (Å²) >= 11 is 5.90. The van der Waals surface area contributed by atoms with E-state index in [0.29, 0.717) is 5.92 Å². The topological polar surface area (TPSA) is 12.0 Å². The molecule has 3 heteroatoms. The minimum atomic E-state index is -0.356. The molecule has 1 fully saturated rings. The van der Waals surface area contributed by atoms with Crippen molar-refractivity contribution >= 4 is 11.6 Å². The van der Waals surface area contributed by atoms with E-state index in [4.69, 9.17) is 11.6 Å². The molecule has 1 N–H and O–H groups in total. The van der Waals surface area contributed by atoms with Gasteiger partial charge >= 0.3 is 0 Å². The first-order chi connectivity index (χ1) is 9.74. The molecular weight excluding hydrogens is 273 g/mol. The van der Waals surface area contributed by atoms with Crippen molar-refractivity contribution < 1.29 is 4.39 Å². The largest absolute Gasteiger partial charge is 0.315 e. The molecule has 1 aliphatic heterocycles. The molecule has 0 bridgehead atoms. The van der Waals surface area contributed by atoms with Crippen LogP contribution in [0.3, 0.4) is 0 Å². The van der Waals surface area contributed by atoms with Gasteiger partial charge in [-0.25, -0.2) is 4.39 Å². The highest BCUT2D eigenvalue weighted by Crippen LogP contribution is 2.34. The Balaban J connectivity index is 1.80. The Morgan fingerprint density at radius 1 is 1.15 bits per heavy atom. The lowest BCUT2D eigenvalue weighted by molar-refractivity contribution is 0.626. The summed E-state index contributed by atoms with van der Waals surface area (Å²) in [6.45, 7) is 1.80. The van der Waals surface area contributed by atoms with E-state index >= 15 is 0 Å². The minimum absolute atomic E-state index is 0.202. The van der Waals surface area contributed by atoms with Crippen LogP contribution in [0.2, 0.25) is 5.02 Å². The Labute approximate surface area is 123 Å². The van der Waals surface area contributed by atoms with Gasteiger partial charge in [0.25, 0.3) is 0 Å². The number of hydrogen-bond donors (Lipinski definition) is 1. The maximum atomic E-state index is 13.3. The van der Waals surface area contributed by atoms with Crippen LogP contribution in [0.4, 0.5) is 4.39 Å². The average molecular weight is 289 g/mol. The normalized spacial score (nSPS) is 19.4. The van der Waals surface area contributed by atoms with E-state index in [1.165, 1.54) is 17.5 Å². The van der Waals surface area contributed by atoms with Gasteiger partial charge in [0, 0.05) is 24.9 Å². The first-order valence-corrected chi connectivity index (χ1v) is 7.16. The molecule has 0 amide bonds. The van der Waals surface area contributed by atoms with Crippen molar-refractivity contribution in [1.29, 1.82) is 0 Å². The molecule has 1 nitrogen and oxygen atoms in total. The zero-order valence-electron chi connectivity index (χ0n) is 11.1. The summed E-state index contributed by atoms with van der Waals surface area (Å²) in [7, 11) is 0. The Morgan fingerprint density at radius 2 is 1.95 bits per heavy atom. The fourth-order valence-corrected chi connectivity index (χ4v) is 2.96. The van der Waals surface area contributed by atoms with Crippen LogP contribution in [-0.2, 0) is 6.42 Å². The van der Waals surface area contributed by atoms with Crippen LogP contribution in [-0.4, -0.2) is 13.1 Å². The summed E-state index contributed by atoms with van der Waals surface area (Å²) in [6.07, 6.45) is 0.952. The molecular formula is C17H16ClFN. The second-order valence-corrected chi connectivity index (χ2v) is 5.58. The van der Waals surface area contributed by atoms with E-state index in [1.807, 2.05) is 12.1 Å². The number of hydrogen-bond acceptors (Lipinski definition) is 1. The third kappa shape index (κ3) is 2.87. The molecule has 0 aromatic heterocycles. The maximum absolute atomic E-state index is 13.3. The van der Waals surface area contributed by atoms with Crippen LogP contribution in [0.5, 0.6) is 0 Å². The smallest absolute Gasteiger partial charge is 0.141 e. The van der Waals surface area contributed by atoms with E-state index < -0.39 is 0 Å². The highest BCUT2D eigenvalue weighted by Gasteiger charge is 2.29. The fourth-order valence-electron chi connectivity index (χ4n) is 2.77. The Kier molecular flexibility index (Phi) is 4.04. The lowest BCUT2D eigenvalue weighted by Gasteiger charge is -2.19. The lowest BCUT2D eigenvalue weighted by Crippen LogP contribution is -2.11. The van der Waals surface area contributed by atoms with Gasteiger partial charge in [0.1, 0.15) is 5.82 Å². The van der Waals surface area contributed by atoms with Crippen molar-refractivity contribution in [3.63, 3.8) is 0 Å². The van der Waals surface area contributed by atoms with Crippen molar-refractivity contribution in [3.05, 3.63) is 76.4 Å². The number of rotatable bonds is 3. The summed E-state index contributed by atoms with van der Waals surface area (Å²) < 4.78 is 13.3. The van der Waals surface area contributed by atoms with Crippen LogP contribution in [0.1, 0.15) is 17.0 Å². The van der Waals surface area contributed by atoms with E-state index in [1.54, 1.807) is 6.07 Å². The molecule has 0 aliphatic carbocycles. The van der Waals surface area contributed by atoms with Crippen LogP contribution in [0, 0.1) is 11.7 Å². The van der Waals surface area contributed by atoms with Gasteiger partial charge in [-0.05, 0) is 29.7 Å². The molecule has 2 aromatic carbocycles. The number of benzene rings is 2. The molecule has 0 saturated carbocycles. The highest BCUT2D eigenvalue weighted by atomic mass is 35.5. The van der Waals surface area contributed by atoms with Gasteiger partial charge in [-0.15, -0.1) is 0 Å². The van der Waals surface area contributed by atoms with Gasteiger partial charge in [0.2, 0.25) is 0 Å². The number of halogens is 2. The quantitative estimate of drug-likeness (QED) is 0.901. The van der Waals surface area contributed by atoms with Crippen LogP contribution in [0.15, 0.2) is 48.5 Å². The summed E-state index contributed by atoms with van der Waals surface area (Å²) in [5.74, 6) is 1.39. The second kappa shape index (κ2) is 5.94. The van der Waals surface area contributed by atoms with E-state index in [0.717, 1.165) is 25.1 Å². The minimum Gasteiger partial charge on any atom is -0.315 e. The Morgan fingerprint density at radius 3 is 2.70 bits per heavy atom. The molecule has 1 saturated heterocycles. The highest BCUT2D eigenvalue weighted by molar-refractivity contribution is 6.30. The zero-order valence-corrected chi connectivity index (χ0v) is 11.8. The van der Waals surface area contributed by atoms with Gasteiger partial charge in [0.05, 0.1) is 5.02 Å². The first-order valence-electron chi connectivity index (χ1n) is 6.78. The van der Waals surface area contributed by atoms with Gasteiger partial charge in [-0.1, -0.05) is 48.0 Å². The second-order valence-electron chi connectivity index (χ2n) is 5.18. The van der Waals surface area contributed by atoms with Gasteiger partial charge in [-0.2, -0.15) is 0 Å². The Hall–Kier alpha value is -1.38. The summed E-state index contributed by atoms with van der Waals surface area (Å²) in [5, 5.41) is 3.60. The van der Waals surface area contributed by atoms with E-state index in [2.05, 4.69) is 29.6 Å². The average Bonchev–Trinajstić information content (AvgIpc) is 2.91. The molecule has 1 radical (unpaired) electrons. The fraction of sp³-hybridized carbons (Fsp3) is 0.235. The summed E-state index contributed by atoms with van der Waals surface area (Å²) in [6, 6.07) is 15.5. The summed E-state index contributed by atoms with van der Waals surface area (Å²) in [5.41, 5.74) is 2.40. The van der Waals surface area contributed by atoms with Crippen LogP contribution >= 0.6 is 11.6 Å². The van der Waals surface area contributed by atoms with Crippen LogP contribution in [0.25, 0.3) is 0 Å². The molecule has 3 rings (SSSR count). The molecule has 2 aromatic rings. The molecule has 1 heterocycles. The molecule has 0 spiro atoms. The van der Waals surface area contributed by atoms with Gasteiger partial charge in [0.15, 0.2) is 0 Å². The van der Waals surface area contributed by atoms with Crippen molar-refractivity contribution in [2.24, 2.45) is 0 Å². The first kappa shape index (κ1) is 13.6. The van der Waals surface area contributed by atoms with Crippen molar-refractivity contribution in [3.8, 4) is 0 Å². The standard InChI is InChI=1S/C17H16ClFN/c18-16-9-13(6-7-17(16)19)15-11-20-10-14(15)8-12-4-2-1-3-5-12/h1-7,9,15,20H,8,10-11H2/t15-/m1/s1. The third-order valence-corrected chi connectivity index (χ3v) is 4.10. The van der Waals surface area contributed by atoms with Gasteiger partial charge < -0.3 is 5.32 Å². The predicted octanol–water partition coefficient (Wildman–Crippen LogP) is 3.98. The number of nitrogens with one attached hydrogen (secondary N) is 1. The summed E-state index contributed by atoms with van der Waals surface area (Å²) in [4.78, 5) is 0. The SMILES string of the molecule is Fc1ccc([C@H]2CNC[C]2Cc2ccccc2)cc1Cl. The van der Waals surface area contributed by atoms with Crippen molar-refractivity contribution in [2.45, 2.75) is 12.3 Å². The Bertz CT molecular complexity index is 585. The predicted molar refractivity (Wildman–Crippen MR) is 80.4 cm³/mol. The van der Waals surface area contributed by atoms with Crippen LogP contribution < -0.4 is 5.32 Å². The van der Waals surface area contributed by atoms with E-state index in [9.17, 15) is 4.39 Å². The van der Waals surface area contributed by atoms with Crippen molar-refractivity contribution in [1.82, 2.24) is 5.32 Å². The molecule has 1 atom stereocenters. The molecule has 103 valence electrons. The van der Waals surface area contributed by atoms with Crippen molar-refractivity contribution in [2.75, 3.05) is 13.1 Å². The maximum Gasteiger partial charge on any atom is 0.141 e. The molecule has 1 aliphatic rings. The third-order valence-electron chi connectivity index (χ3n) is 3.81. The monoisotopic (exact) mass is 288 g/mol. The molecule has 20 heavy (non-hydrogen) atoms. The lowest BCUT2D eigenvalue weighted by atomic mass is 9.85.